The van der Waals surface area contributed by atoms with Gasteiger partial charge in [-0.2, -0.15) is 0 Å². The van der Waals surface area contributed by atoms with Crippen molar-refractivity contribution < 1.29 is 4.39 Å². The van der Waals surface area contributed by atoms with Crippen molar-refractivity contribution in [3.63, 3.8) is 0 Å². The molecule has 0 amide bonds. The number of fused-ring (bicyclic) bond motifs is 1. The molecule has 1 N–H and O–H groups in total. The number of rotatable bonds is 2. The lowest BCUT2D eigenvalue weighted by atomic mass is 9.83. The molecule has 3 rings (SSSR count). The number of hydrogen-bond acceptors (Lipinski definition) is 4. The van der Waals surface area contributed by atoms with Gasteiger partial charge in [-0.3, -0.25) is 10.2 Å². The van der Waals surface area contributed by atoms with Gasteiger partial charge < -0.3 is 0 Å². The van der Waals surface area contributed by atoms with Gasteiger partial charge in [0, 0.05) is 23.8 Å². The number of amidine groups is 1. The first kappa shape index (κ1) is 14.4. The third-order valence-electron chi connectivity index (χ3n) is 4.73. The molecule has 112 valence electrons. The van der Waals surface area contributed by atoms with Crippen LogP contribution in [0.4, 0.5) is 4.39 Å². The molecule has 0 bridgehead atoms. The number of aliphatic imine (C=N–C) groups is 2. The van der Waals surface area contributed by atoms with Crippen molar-refractivity contribution in [1.29, 1.82) is 0 Å². The largest absolute Gasteiger partial charge is 0.295 e. The normalized spacial score (nSPS) is 40.5. The molecule has 0 saturated carbocycles. The van der Waals surface area contributed by atoms with E-state index < -0.39 is 12.3 Å². The van der Waals surface area contributed by atoms with Crippen molar-refractivity contribution in [3.05, 3.63) is 0 Å². The summed E-state index contributed by atoms with van der Waals surface area (Å²) in [5.41, 5.74) is 0.166. The van der Waals surface area contributed by atoms with Crippen LogP contribution in [0.25, 0.3) is 0 Å². The minimum atomic E-state index is -1.19. The number of nitrogens with zero attached hydrogens (tertiary/aromatic N) is 3. The van der Waals surface area contributed by atoms with E-state index in [-0.39, 0.29) is 16.9 Å². The van der Waals surface area contributed by atoms with Crippen LogP contribution in [0.5, 0.6) is 0 Å². The van der Waals surface area contributed by atoms with Gasteiger partial charge >= 0.3 is 0 Å². The molecule has 0 spiro atoms. The molecule has 0 aromatic rings. The van der Waals surface area contributed by atoms with E-state index in [1.165, 1.54) is 25.6 Å². The molecule has 0 radical (unpaired) electrons. The maximum Gasteiger partial charge on any atom is 0.219 e. The maximum atomic E-state index is 13.8. The first-order valence-corrected chi connectivity index (χ1v) is 7.78. The Kier molecular flexibility index (Phi) is 3.86. The summed E-state index contributed by atoms with van der Waals surface area (Å²) in [5.74, 6) is 0. The Morgan fingerprint density at radius 3 is 3.10 bits per heavy atom. The number of halogens is 2. The Morgan fingerprint density at radius 1 is 1.50 bits per heavy atom. The third-order valence-corrected chi connectivity index (χ3v) is 4.93. The molecular weight excluding hydrogens is 279 g/mol. The molecule has 20 heavy (non-hydrogen) atoms. The maximum absolute atomic E-state index is 13.8. The van der Waals surface area contributed by atoms with E-state index >= 15 is 0 Å². The van der Waals surface area contributed by atoms with Crippen molar-refractivity contribution >= 4 is 23.1 Å². The Labute approximate surface area is 124 Å². The van der Waals surface area contributed by atoms with Gasteiger partial charge in [-0.15, -0.1) is 0 Å². The summed E-state index contributed by atoms with van der Waals surface area (Å²) in [6.07, 6.45) is 4.05. The van der Waals surface area contributed by atoms with Crippen LogP contribution in [0.1, 0.15) is 39.5 Å². The van der Waals surface area contributed by atoms with E-state index in [0.29, 0.717) is 6.04 Å². The standard InChI is InChI=1S/C14H22ClFN4/c1-14(2)7-9(6-10-4-3-5-20(10)14)18-12-11(16)8-17-13(15)19-12/h8-12,18H,3-7H2,1-2H3. The van der Waals surface area contributed by atoms with Crippen LogP contribution in [0.3, 0.4) is 0 Å². The fraction of sp³-hybridized carbons (Fsp3) is 0.857. The van der Waals surface area contributed by atoms with Crippen LogP contribution in [-0.2, 0) is 0 Å². The molecule has 4 unspecified atom stereocenters. The number of nitrogens with one attached hydrogen (secondary N) is 1. The molecule has 2 saturated heterocycles. The van der Waals surface area contributed by atoms with E-state index in [0.717, 1.165) is 12.8 Å². The molecule has 3 aliphatic heterocycles. The quantitative estimate of drug-likeness (QED) is 0.795. The highest BCUT2D eigenvalue weighted by Gasteiger charge is 2.43. The van der Waals surface area contributed by atoms with E-state index in [4.69, 9.17) is 11.6 Å². The van der Waals surface area contributed by atoms with E-state index in [2.05, 4.69) is 34.0 Å². The van der Waals surface area contributed by atoms with Gasteiger partial charge in [-0.25, -0.2) is 14.4 Å². The molecule has 2 fully saturated rings. The fourth-order valence-electron chi connectivity index (χ4n) is 3.94. The minimum absolute atomic E-state index is 0.133. The Hall–Kier alpha value is -0.520. The first-order valence-electron chi connectivity index (χ1n) is 7.40. The second-order valence-corrected chi connectivity index (χ2v) is 7.01. The third kappa shape index (κ3) is 2.76. The SMILES string of the molecule is CC1(C)CC(NC2N=C(Cl)N=CC2F)CC2CCCN21. The van der Waals surface area contributed by atoms with Crippen molar-refractivity contribution in [2.45, 2.75) is 69.5 Å². The topological polar surface area (TPSA) is 40.0 Å². The van der Waals surface area contributed by atoms with Gasteiger partial charge in [0.25, 0.3) is 0 Å². The summed E-state index contributed by atoms with van der Waals surface area (Å²) >= 11 is 5.78. The van der Waals surface area contributed by atoms with E-state index in [1.807, 2.05) is 0 Å². The lowest BCUT2D eigenvalue weighted by Gasteiger charge is -2.48. The Morgan fingerprint density at radius 2 is 2.30 bits per heavy atom. The van der Waals surface area contributed by atoms with Gasteiger partial charge in [0.2, 0.25) is 5.29 Å². The number of hydrogen-bond donors (Lipinski definition) is 1. The highest BCUT2D eigenvalue weighted by molar-refractivity contribution is 6.65. The zero-order valence-corrected chi connectivity index (χ0v) is 12.8. The number of alkyl halides is 1. The Bertz CT molecular complexity index is 437. The second kappa shape index (κ2) is 5.35. The van der Waals surface area contributed by atoms with Crippen LogP contribution < -0.4 is 5.32 Å². The van der Waals surface area contributed by atoms with Crippen LogP contribution in [0.2, 0.25) is 0 Å². The smallest absolute Gasteiger partial charge is 0.219 e. The second-order valence-electron chi connectivity index (χ2n) is 6.67. The summed E-state index contributed by atoms with van der Waals surface area (Å²) in [7, 11) is 0. The van der Waals surface area contributed by atoms with Crippen LogP contribution in [0.15, 0.2) is 9.98 Å². The van der Waals surface area contributed by atoms with Crippen LogP contribution >= 0.6 is 11.6 Å². The highest BCUT2D eigenvalue weighted by Crippen LogP contribution is 2.37. The van der Waals surface area contributed by atoms with Crippen LogP contribution in [0, 0.1) is 0 Å². The van der Waals surface area contributed by atoms with E-state index in [9.17, 15) is 4.39 Å². The lowest BCUT2D eigenvalue weighted by Crippen LogP contribution is -2.59. The van der Waals surface area contributed by atoms with E-state index in [1.54, 1.807) is 0 Å². The summed E-state index contributed by atoms with van der Waals surface area (Å²) in [5, 5.41) is 3.47. The summed E-state index contributed by atoms with van der Waals surface area (Å²) < 4.78 is 13.8. The molecule has 6 heteroatoms. The number of piperidine rings is 1. The zero-order valence-electron chi connectivity index (χ0n) is 12.0. The summed E-state index contributed by atoms with van der Waals surface area (Å²) in [6.45, 7) is 5.76. The molecule has 0 aromatic heterocycles. The zero-order chi connectivity index (χ0) is 14.3. The van der Waals surface area contributed by atoms with Crippen molar-refractivity contribution in [2.24, 2.45) is 9.98 Å². The molecule has 0 aromatic carbocycles. The van der Waals surface area contributed by atoms with Gasteiger partial charge in [0.05, 0.1) is 0 Å². The summed E-state index contributed by atoms with van der Waals surface area (Å²) in [6, 6.07) is 0.901. The monoisotopic (exact) mass is 300 g/mol. The predicted molar refractivity (Wildman–Crippen MR) is 80.4 cm³/mol. The van der Waals surface area contributed by atoms with Gasteiger partial charge in [-0.1, -0.05) is 0 Å². The van der Waals surface area contributed by atoms with Crippen molar-refractivity contribution in [2.75, 3.05) is 6.54 Å². The summed E-state index contributed by atoms with van der Waals surface area (Å²) in [4.78, 5) is 10.4. The Balaban J connectivity index is 1.68. The molecule has 4 nitrogen and oxygen atoms in total. The molecular formula is C14H22ClFN4. The lowest BCUT2D eigenvalue weighted by molar-refractivity contribution is 0.0336. The molecule has 3 aliphatic rings. The average molecular weight is 301 g/mol. The fourth-order valence-corrected chi connectivity index (χ4v) is 4.10. The predicted octanol–water partition coefficient (Wildman–Crippen LogP) is 2.32. The molecule has 4 atom stereocenters. The van der Waals surface area contributed by atoms with Gasteiger partial charge in [-0.05, 0) is 57.7 Å². The first-order chi connectivity index (χ1) is 9.45. The minimum Gasteiger partial charge on any atom is -0.295 e. The molecule has 0 aliphatic carbocycles. The highest BCUT2D eigenvalue weighted by atomic mass is 35.5. The molecule has 3 heterocycles. The van der Waals surface area contributed by atoms with Gasteiger partial charge in [0.1, 0.15) is 6.17 Å². The van der Waals surface area contributed by atoms with Crippen LogP contribution in [-0.4, -0.2) is 52.9 Å². The average Bonchev–Trinajstić information content (AvgIpc) is 2.82. The van der Waals surface area contributed by atoms with Gasteiger partial charge in [0.15, 0.2) is 6.17 Å². The van der Waals surface area contributed by atoms with Crippen molar-refractivity contribution in [3.8, 4) is 0 Å². The van der Waals surface area contributed by atoms with Crippen molar-refractivity contribution in [1.82, 2.24) is 10.2 Å².